The molecule has 1 atom stereocenters. The average molecular weight is 306 g/mol. The second-order valence-corrected chi connectivity index (χ2v) is 6.95. The molecule has 1 aromatic rings. The first-order chi connectivity index (χ1) is 10.4. The molecule has 22 heavy (non-hydrogen) atoms. The van der Waals surface area contributed by atoms with Crippen molar-refractivity contribution < 1.29 is 4.79 Å². The van der Waals surface area contributed by atoms with Crippen molar-refractivity contribution in [3.8, 4) is 0 Å². The molecule has 1 aliphatic rings. The molecule has 0 aromatic carbocycles. The van der Waals surface area contributed by atoms with Crippen molar-refractivity contribution in [2.45, 2.75) is 47.1 Å². The minimum Gasteiger partial charge on any atom is -0.342 e. The molecule has 2 rings (SSSR count). The Labute approximate surface area is 134 Å². The summed E-state index contributed by atoms with van der Waals surface area (Å²) in [4.78, 5) is 14.6. The third kappa shape index (κ3) is 3.88. The fourth-order valence-electron chi connectivity index (χ4n) is 3.29. The van der Waals surface area contributed by atoms with Crippen LogP contribution in [-0.4, -0.2) is 47.3 Å². The van der Waals surface area contributed by atoms with Crippen LogP contribution in [0.4, 0.5) is 0 Å². The van der Waals surface area contributed by atoms with E-state index in [1.807, 2.05) is 18.9 Å². The molecule has 1 saturated heterocycles. The highest BCUT2D eigenvalue weighted by Gasteiger charge is 2.27. The van der Waals surface area contributed by atoms with Crippen molar-refractivity contribution in [1.82, 2.24) is 20.0 Å². The number of likely N-dealkylation sites (tertiary alicyclic amines) is 1. The van der Waals surface area contributed by atoms with Crippen LogP contribution in [0, 0.1) is 25.7 Å². The van der Waals surface area contributed by atoms with Gasteiger partial charge in [-0.05, 0) is 45.7 Å². The van der Waals surface area contributed by atoms with Gasteiger partial charge in [-0.25, -0.2) is 0 Å². The molecule has 0 bridgehead atoms. The molecule has 1 amide bonds. The maximum absolute atomic E-state index is 12.6. The molecule has 0 radical (unpaired) electrons. The first-order valence-corrected chi connectivity index (χ1v) is 8.37. The number of amides is 1. The maximum atomic E-state index is 12.6. The quantitative estimate of drug-likeness (QED) is 0.871. The SMILES string of the molecule is CNCC1CCN(C(=O)Cc2c(C)nn(CC(C)C)c2C)C1. The summed E-state index contributed by atoms with van der Waals surface area (Å²) < 4.78 is 2.05. The van der Waals surface area contributed by atoms with Gasteiger partial charge in [-0.1, -0.05) is 13.8 Å². The van der Waals surface area contributed by atoms with Crippen molar-refractivity contribution in [3.05, 3.63) is 17.0 Å². The lowest BCUT2D eigenvalue weighted by Crippen LogP contribution is -2.31. The zero-order valence-electron chi connectivity index (χ0n) is 14.6. The topological polar surface area (TPSA) is 50.2 Å². The van der Waals surface area contributed by atoms with Gasteiger partial charge < -0.3 is 10.2 Å². The molecule has 0 aliphatic carbocycles. The summed E-state index contributed by atoms with van der Waals surface area (Å²) in [6.07, 6.45) is 1.60. The fourth-order valence-corrected chi connectivity index (χ4v) is 3.29. The molecule has 0 saturated carbocycles. The highest BCUT2D eigenvalue weighted by molar-refractivity contribution is 5.79. The van der Waals surface area contributed by atoms with Gasteiger partial charge in [0.2, 0.25) is 5.91 Å². The molecule has 1 N–H and O–H groups in total. The van der Waals surface area contributed by atoms with Crippen LogP contribution < -0.4 is 5.32 Å². The first kappa shape index (κ1) is 17.0. The van der Waals surface area contributed by atoms with Gasteiger partial charge in [0.15, 0.2) is 0 Å². The molecule has 0 spiro atoms. The molecular formula is C17H30N4O. The van der Waals surface area contributed by atoms with Gasteiger partial charge in [0.1, 0.15) is 0 Å². The summed E-state index contributed by atoms with van der Waals surface area (Å²) in [7, 11) is 1.97. The van der Waals surface area contributed by atoms with Crippen LogP contribution in [0.25, 0.3) is 0 Å². The lowest BCUT2D eigenvalue weighted by atomic mass is 10.1. The van der Waals surface area contributed by atoms with Crippen LogP contribution in [0.3, 0.4) is 0 Å². The van der Waals surface area contributed by atoms with E-state index in [0.29, 0.717) is 18.3 Å². The zero-order chi connectivity index (χ0) is 16.3. The summed E-state index contributed by atoms with van der Waals surface area (Å²) in [6.45, 7) is 12.2. The Hall–Kier alpha value is -1.36. The minimum atomic E-state index is 0.244. The second-order valence-electron chi connectivity index (χ2n) is 6.95. The zero-order valence-corrected chi connectivity index (χ0v) is 14.6. The Kier molecular flexibility index (Phi) is 5.62. The molecule has 124 valence electrons. The van der Waals surface area contributed by atoms with Gasteiger partial charge in [0.25, 0.3) is 0 Å². The van der Waals surface area contributed by atoms with E-state index in [-0.39, 0.29) is 5.91 Å². The molecular weight excluding hydrogens is 276 g/mol. The van der Waals surface area contributed by atoms with Gasteiger partial charge in [0, 0.05) is 30.9 Å². The molecule has 1 aliphatic heterocycles. The Morgan fingerprint density at radius 2 is 2.14 bits per heavy atom. The standard InChI is InChI=1S/C17H30N4O/c1-12(2)10-21-14(4)16(13(3)19-21)8-17(22)20-7-6-15(11-20)9-18-5/h12,15,18H,6-11H2,1-5H3. The van der Waals surface area contributed by atoms with Crippen LogP contribution in [0.15, 0.2) is 0 Å². The van der Waals surface area contributed by atoms with E-state index in [9.17, 15) is 4.79 Å². The van der Waals surface area contributed by atoms with Crippen molar-refractivity contribution in [2.24, 2.45) is 11.8 Å². The van der Waals surface area contributed by atoms with Crippen molar-refractivity contribution in [2.75, 3.05) is 26.7 Å². The normalized spacial score (nSPS) is 18.5. The van der Waals surface area contributed by atoms with Crippen molar-refractivity contribution in [3.63, 3.8) is 0 Å². The molecule has 5 nitrogen and oxygen atoms in total. The van der Waals surface area contributed by atoms with E-state index in [4.69, 9.17) is 0 Å². The van der Waals surface area contributed by atoms with Crippen LogP contribution >= 0.6 is 0 Å². The van der Waals surface area contributed by atoms with Gasteiger partial charge in [-0.2, -0.15) is 5.10 Å². The highest BCUT2D eigenvalue weighted by Crippen LogP contribution is 2.20. The Morgan fingerprint density at radius 1 is 1.41 bits per heavy atom. The van der Waals surface area contributed by atoms with Gasteiger partial charge in [-0.3, -0.25) is 9.48 Å². The summed E-state index contributed by atoms with van der Waals surface area (Å²) in [5.74, 6) is 1.40. The van der Waals surface area contributed by atoms with E-state index in [1.165, 1.54) is 0 Å². The Morgan fingerprint density at radius 3 is 2.77 bits per heavy atom. The van der Waals surface area contributed by atoms with E-state index in [0.717, 1.165) is 49.6 Å². The minimum absolute atomic E-state index is 0.244. The van der Waals surface area contributed by atoms with Crippen LogP contribution in [0.1, 0.15) is 37.2 Å². The number of carbonyl (C=O) groups excluding carboxylic acids is 1. The highest BCUT2D eigenvalue weighted by atomic mass is 16.2. The number of hydrogen-bond donors (Lipinski definition) is 1. The first-order valence-electron chi connectivity index (χ1n) is 8.37. The summed E-state index contributed by atoms with van der Waals surface area (Å²) in [6, 6.07) is 0. The average Bonchev–Trinajstić information content (AvgIpc) is 3.00. The predicted molar refractivity (Wildman–Crippen MR) is 88.9 cm³/mol. The number of carbonyl (C=O) groups is 1. The van der Waals surface area contributed by atoms with E-state index in [2.05, 4.69) is 35.9 Å². The molecule has 1 aromatic heterocycles. The summed E-state index contributed by atoms with van der Waals surface area (Å²) >= 11 is 0. The molecule has 1 fully saturated rings. The number of aromatic nitrogens is 2. The van der Waals surface area contributed by atoms with Crippen molar-refractivity contribution >= 4 is 5.91 Å². The van der Waals surface area contributed by atoms with Gasteiger partial charge >= 0.3 is 0 Å². The Bertz CT molecular complexity index is 521. The van der Waals surface area contributed by atoms with Crippen LogP contribution in [0.5, 0.6) is 0 Å². The summed E-state index contributed by atoms with van der Waals surface area (Å²) in [5, 5.41) is 7.82. The number of nitrogens with one attached hydrogen (secondary N) is 1. The smallest absolute Gasteiger partial charge is 0.227 e. The predicted octanol–water partition coefficient (Wildman–Crippen LogP) is 1.77. The van der Waals surface area contributed by atoms with Crippen LogP contribution in [-0.2, 0) is 17.8 Å². The number of aryl methyl sites for hydroxylation is 1. The Balaban J connectivity index is 2.01. The lowest BCUT2D eigenvalue weighted by Gasteiger charge is -2.17. The second kappa shape index (κ2) is 7.27. The number of hydrogen-bond acceptors (Lipinski definition) is 3. The number of nitrogens with zero attached hydrogens (tertiary/aromatic N) is 3. The largest absolute Gasteiger partial charge is 0.342 e. The van der Waals surface area contributed by atoms with Crippen molar-refractivity contribution in [1.29, 1.82) is 0 Å². The lowest BCUT2D eigenvalue weighted by molar-refractivity contribution is -0.129. The molecule has 1 unspecified atom stereocenters. The van der Waals surface area contributed by atoms with E-state index < -0.39 is 0 Å². The van der Waals surface area contributed by atoms with E-state index >= 15 is 0 Å². The molecule has 2 heterocycles. The van der Waals surface area contributed by atoms with Gasteiger partial charge in [0.05, 0.1) is 12.1 Å². The number of rotatable bonds is 6. The maximum Gasteiger partial charge on any atom is 0.227 e. The third-order valence-corrected chi connectivity index (χ3v) is 4.53. The van der Waals surface area contributed by atoms with Gasteiger partial charge in [-0.15, -0.1) is 0 Å². The monoisotopic (exact) mass is 306 g/mol. The fraction of sp³-hybridized carbons (Fsp3) is 0.765. The van der Waals surface area contributed by atoms with Crippen LogP contribution in [0.2, 0.25) is 0 Å². The molecule has 5 heteroatoms. The summed E-state index contributed by atoms with van der Waals surface area (Å²) in [5.41, 5.74) is 3.26. The van der Waals surface area contributed by atoms with E-state index in [1.54, 1.807) is 0 Å². The third-order valence-electron chi connectivity index (χ3n) is 4.53.